The summed E-state index contributed by atoms with van der Waals surface area (Å²) >= 11 is 0. The molecule has 1 aromatic carbocycles. The molecule has 4 rings (SSSR count). The highest BCUT2D eigenvalue weighted by molar-refractivity contribution is 5.60. The number of aromatic nitrogens is 1. The molecule has 0 radical (unpaired) electrons. The zero-order chi connectivity index (χ0) is 18.5. The summed E-state index contributed by atoms with van der Waals surface area (Å²) in [5.74, 6) is 0.409. The molecule has 0 spiro atoms. The average molecular weight is 351 g/mol. The van der Waals surface area contributed by atoms with E-state index in [-0.39, 0.29) is 17.9 Å². The molecule has 2 aliphatic heterocycles. The van der Waals surface area contributed by atoms with E-state index in [0.717, 1.165) is 29.9 Å². The van der Waals surface area contributed by atoms with E-state index in [0.29, 0.717) is 24.0 Å². The zero-order valence-electron chi connectivity index (χ0n) is 15.0. The number of benzene rings is 1. The van der Waals surface area contributed by atoms with Crippen LogP contribution in [-0.4, -0.2) is 22.2 Å². The van der Waals surface area contributed by atoms with Crippen LogP contribution in [0, 0.1) is 31.0 Å². The third-order valence-corrected chi connectivity index (χ3v) is 5.81. The summed E-state index contributed by atoms with van der Waals surface area (Å²) in [7, 11) is 0. The first-order valence-corrected chi connectivity index (χ1v) is 9.06. The van der Waals surface area contributed by atoms with E-state index in [1.54, 1.807) is 12.1 Å². The summed E-state index contributed by atoms with van der Waals surface area (Å²) < 4.78 is 13.7. The second kappa shape index (κ2) is 6.07. The molecular weight excluding hydrogens is 329 g/mol. The maximum atomic E-state index is 13.7. The summed E-state index contributed by atoms with van der Waals surface area (Å²) in [5, 5.41) is 20.9. The van der Waals surface area contributed by atoms with Gasteiger partial charge in [0.25, 0.3) is 0 Å². The number of anilines is 1. The van der Waals surface area contributed by atoms with Gasteiger partial charge in [-0.2, -0.15) is 5.26 Å². The molecule has 2 saturated heterocycles. The minimum Gasteiger partial charge on any atom is -0.385 e. The first-order chi connectivity index (χ1) is 12.4. The molecule has 4 nitrogen and oxygen atoms in total. The molecule has 2 aromatic rings. The Morgan fingerprint density at radius 2 is 1.92 bits per heavy atom. The lowest BCUT2D eigenvalue weighted by molar-refractivity contribution is -0.00345. The normalized spacial score (nSPS) is 27.4. The fourth-order valence-corrected chi connectivity index (χ4v) is 4.73. The highest BCUT2D eigenvalue weighted by Crippen LogP contribution is 2.48. The van der Waals surface area contributed by atoms with Crippen molar-refractivity contribution >= 4 is 5.82 Å². The Morgan fingerprint density at radius 1 is 1.23 bits per heavy atom. The molecule has 1 aromatic heterocycles. The quantitative estimate of drug-likeness (QED) is 0.896. The first kappa shape index (κ1) is 17.0. The molecular formula is C21H22FN3O. The maximum Gasteiger partial charge on any atom is 0.147 e. The first-order valence-electron chi connectivity index (χ1n) is 9.06. The Kier molecular flexibility index (Phi) is 3.96. The zero-order valence-corrected chi connectivity index (χ0v) is 15.0. The molecule has 0 amide bonds. The molecule has 0 aliphatic carbocycles. The predicted molar refractivity (Wildman–Crippen MR) is 97.2 cm³/mol. The Morgan fingerprint density at radius 3 is 2.54 bits per heavy atom. The number of hydrogen-bond acceptors (Lipinski definition) is 4. The number of rotatable bonds is 2. The number of hydrogen-bond donors (Lipinski definition) is 1. The second-order valence-electron chi connectivity index (χ2n) is 7.63. The SMILES string of the molecule is Cc1cc(C)c(C#N)c(N2[C@@H]3CC[C@H]2CC(O)(c2cccc(F)c2)C3)n1. The number of aryl methyl sites for hydroxylation is 2. The number of nitrogens with zero attached hydrogens (tertiary/aromatic N) is 3. The van der Waals surface area contributed by atoms with Crippen molar-refractivity contribution < 1.29 is 9.50 Å². The molecule has 134 valence electrons. The van der Waals surface area contributed by atoms with Gasteiger partial charge in [0.1, 0.15) is 17.7 Å². The van der Waals surface area contributed by atoms with Gasteiger partial charge in [-0.3, -0.25) is 0 Å². The Hall–Kier alpha value is -2.45. The molecule has 26 heavy (non-hydrogen) atoms. The molecule has 1 N–H and O–H groups in total. The standard InChI is InChI=1S/C21H22FN3O/c1-13-8-14(2)24-20(19(13)12-23)25-17-6-7-18(25)11-21(26,10-17)15-4-3-5-16(22)9-15/h3-5,8-9,17-18,26H,6-7,10-11H2,1-2H3/t17-,18+,21?. The van der Waals surface area contributed by atoms with Crippen molar-refractivity contribution in [3.05, 3.63) is 58.5 Å². The van der Waals surface area contributed by atoms with Gasteiger partial charge in [-0.05, 0) is 56.0 Å². The van der Waals surface area contributed by atoms with E-state index in [1.807, 2.05) is 19.9 Å². The van der Waals surface area contributed by atoms with E-state index in [9.17, 15) is 14.8 Å². The number of nitriles is 1. The van der Waals surface area contributed by atoms with Crippen molar-refractivity contribution in [2.75, 3.05) is 4.90 Å². The molecule has 3 heterocycles. The van der Waals surface area contributed by atoms with Crippen LogP contribution >= 0.6 is 0 Å². The monoisotopic (exact) mass is 351 g/mol. The fourth-order valence-electron chi connectivity index (χ4n) is 4.73. The van der Waals surface area contributed by atoms with Crippen LogP contribution in [0.15, 0.2) is 30.3 Å². The van der Waals surface area contributed by atoms with Crippen LogP contribution in [0.1, 0.15) is 48.1 Å². The minimum absolute atomic E-state index is 0.0998. The Bertz CT molecular complexity index is 891. The van der Waals surface area contributed by atoms with Gasteiger partial charge < -0.3 is 10.0 Å². The molecule has 2 fully saturated rings. The van der Waals surface area contributed by atoms with Crippen LogP contribution in [-0.2, 0) is 5.60 Å². The van der Waals surface area contributed by atoms with Gasteiger partial charge in [0.2, 0.25) is 0 Å². The number of piperidine rings is 1. The van der Waals surface area contributed by atoms with E-state index < -0.39 is 5.60 Å². The third kappa shape index (κ3) is 2.65. The topological polar surface area (TPSA) is 60.2 Å². The van der Waals surface area contributed by atoms with Crippen LogP contribution in [0.5, 0.6) is 0 Å². The fraction of sp³-hybridized carbons (Fsp3) is 0.429. The van der Waals surface area contributed by atoms with Crippen LogP contribution in [0.25, 0.3) is 0 Å². The van der Waals surface area contributed by atoms with Gasteiger partial charge in [0, 0.05) is 30.6 Å². The van der Waals surface area contributed by atoms with E-state index in [4.69, 9.17) is 0 Å². The largest absolute Gasteiger partial charge is 0.385 e. The highest BCUT2D eigenvalue weighted by Gasteiger charge is 2.49. The number of fused-ring (bicyclic) bond motifs is 2. The van der Waals surface area contributed by atoms with Gasteiger partial charge in [0.05, 0.1) is 11.2 Å². The molecule has 2 aliphatic rings. The van der Waals surface area contributed by atoms with Crippen LogP contribution in [0.3, 0.4) is 0 Å². The van der Waals surface area contributed by atoms with Crippen LogP contribution in [0.4, 0.5) is 10.2 Å². The Labute approximate surface area is 152 Å². The van der Waals surface area contributed by atoms with Gasteiger partial charge in [-0.1, -0.05) is 12.1 Å². The minimum atomic E-state index is -1.03. The molecule has 3 atom stereocenters. The predicted octanol–water partition coefficient (Wildman–Crippen LogP) is 3.73. The van der Waals surface area contributed by atoms with Crippen molar-refractivity contribution in [2.24, 2.45) is 0 Å². The summed E-state index contributed by atoms with van der Waals surface area (Å²) in [5.41, 5.74) is 2.05. The highest BCUT2D eigenvalue weighted by atomic mass is 19.1. The maximum absolute atomic E-state index is 13.7. The smallest absolute Gasteiger partial charge is 0.147 e. The Balaban J connectivity index is 1.72. The number of pyridine rings is 1. The molecule has 2 bridgehead atoms. The van der Waals surface area contributed by atoms with Gasteiger partial charge >= 0.3 is 0 Å². The summed E-state index contributed by atoms with van der Waals surface area (Å²) in [6, 6.07) is 10.7. The van der Waals surface area contributed by atoms with Crippen LogP contribution < -0.4 is 4.90 Å². The lowest BCUT2D eigenvalue weighted by Gasteiger charge is -2.45. The lowest BCUT2D eigenvalue weighted by atomic mass is 9.80. The number of halogens is 1. The van der Waals surface area contributed by atoms with Crippen molar-refractivity contribution in [3.63, 3.8) is 0 Å². The summed E-state index contributed by atoms with van der Waals surface area (Å²) in [6.45, 7) is 3.87. The molecule has 1 unspecified atom stereocenters. The second-order valence-corrected chi connectivity index (χ2v) is 7.63. The van der Waals surface area contributed by atoms with E-state index in [1.165, 1.54) is 12.1 Å². The summed E-state index contributed by atoms with van der Waals surface area (Å²) in [6.07, 6.45) is 2.93. The van der Waals surface area contributed by atoms with Crippen molar-refractivity contribution in [1.29, 1.82) is 5.26 Å². The third-order valence-electron chi connectivity index (χ3n) is 5.81. The van der Waals surface area contributed by atoms with Crippen LogP contribution in [0.2, 0.25) is 0 Å². The molecule has 0 saturated carbocycles. The summed E-state index contributed by atoms with van der Waals surface area (Å²) in [4.78, 5) is 6.89. The average Bonchev–Trinajstić information content (AvgIpc) is 2.86. The van der Waals surface area contributed by atoms with Gasteiger partial charge in [-0.25, -0.2) is 9.37 Å². The molecule has 5 heteroatoms. The van der Waals surface area contributed by atoms with Gasteiger partial charge in [-0.15, -0.1) is 0 Å². The van der Waals surface area contributed by atoms with E-state index >= 15 is 0 Å². The van der Waals surface area contributed by atoms with Gasteiger partial charge in [0.15, 0.2) is 0 Å². The number of aliphatic hydroxyl groups is 1. The van der Waals surface area contributed by atoms with E-state index in [2.05, 4.69) is 16.0 Å². The lowest BCUT2D eigenvalue weighted by Crippen LogP contribution is -2.50. The van der Waals surface area contributed by atoms with Crippen molar-refractivity contribution in [2.45, 2.75) is 57.2 Å². The van der Waals surface area contributed by atoms with Crippen molar-refractivity contribution in [3.8, 4) is 6.07 Å². The van der Waals surface area contributed by atoms with Crippen molar-refractivity contribution in [1.82, 2.24) is 4.98 Å².